The van der Waals surface area contributed by atoms with Gasteiger partial charge in [0.2, 0.25) is 5.76 Å². The predicted octanol–water partition coefficient (Wildman–Crippen LogP) is 0.684. The minimum absolute atomic E-state index is 0.103. The maximum absolute atomic E-state index is 13.0. The van der Waals surface area contributed by atoms with Crippen molar-refractivity contribution in [2.24, 2.45) is 0 Å². The molecule has 1 aliphatic heterocycles. The van der Waals surface area contributed by atoms with E-state index in [-0.39, 0.29) is 17.6 Å². The van der Waals surface area contributed by atoms with Gasteiger partial charge in [-0.25, -0.2) is 4.98 Å². The molecule has 0 radical (unpaired) electrons. The Morgan fingerprint density at radius 3 is 2.70 bits per heavy atom. The van der Waals surface area contributed by atoms with Gasteiger partial charge in [-0.05, 0) is 12.8 Å². The van der Waals surface area contributed by atoms with Crippen LogP contribution in [-0.2, 0) is 10.3 Å². The molecule has 1 saturated heterocycles. The number of likely N-dealkylation sites (N-methyl/N-ethyl adjacent to an activating group) is 1. The van der Waals surface area contributed by atoms with Gasteiger partial charge in [-0.15, -0.1) is 0 Å². The van der Waals surface area contributed by atoms with E-state index in [9.17, 15) is 9.59 Å². The lowest BCUT2D eigenvalue weighted by molar-refractivity contribution is -0.140. The molecular formula is C15H17N5O3. The van der Waals surface area contributed by atoms with E-state index in [1.165, 1.54) is 41.0 Å². The molecule has 1 fully saturated rings. The molecule has 8 nitrogen and oxygen atoms in total. The first-order valence-electron chi connectivity index (χ1n) is 7.26. The number of amides is 2. The van der Waals surface area contributed by atoms with Gasteiger partial charge in [-0.2, -0.15) is 0 Å². The molecule has 1 unspecified atom stereocenters. The molecule has 0 spiro atoms. The van der Waals surface area contributed by atoms with Gasteiger partial charge in [0.05, 0.1) is 18.1 Å². The molecule has 1 aliphatic rings. The zero-order valence-electron chi connectivity index (χ0n) is 13.0. The Balaban J connectivity index is 2.11. The molecule has 3 heterocycles. The first-order chi connectivity index (χ1) is 11.1. The van der Waals surface area contributed by atoms with Gasteiger partial charge in [0.1, 0.15) is 0 Å². The van der Waals surface area contributed by atoms with Gasteiger partial charge in [0, 0.05) is 33.0 Å². The molecule has 2 aromatic rings. The standard InChI is InChI=1S/C15H17N5O3/c1-19(2)14(22)15(12-9-16-5-6-18-12)4-3-7-20(15)13(21)11-8-17-10-23-11/h5-6,8-10H,3-4,7H2,1-2H3. The highest BCUT2D eigenvalue weighted by molar-refractivity contribution is 5.98. The zero-order chi connectivity index (χ0) is 16.4. The number of carbonyl (C=O) groups excluding carboxylic acids is 2. The minimum Gasteiger partial charge on any atom is -0.438 e. The van der Waals surface area contributed by atoms with Crippen molar-refractivity contribution >= 4 is 11.8 Å². The summed E-state index contributed by atoms with van der Waals surface area (Å²) < 4.78 is 5.11. The van der Waals surface area contributed by atoms with Crippen LogP contribution in [0.4, 0.5) is 0 Å². The van der Waals surface area contributed by atoms with Crippen LogP contribution >= 0.6 is 0 Å². The number of nitrogens with zero attached hydrogens (tertiary/aromatic N) is 5. The second kappa shape index (κ2) is 5.79. The number of likely N-dealkylation sites (tertiary alicyclic amines) is 1. The number of carbonyl (C=O) groups is 2. The lowest BCUT2D eigenvalue weighted by atomic mass is 9.90. The molecule has 23 heavy (non-hydrogen) atoms. The molecule has 0 aromatic carbocycles. The van der Waals surface area contributed by atoms with Crippen molar-refractivity contribution in [3.8, 4) is 0 Å². The van der Waals surface area contributed by atoms with E-state index in [0.717, 1.165) is 0 Å². The van der Waals surface area contributed by atoms with Crippen molar-refractivity contribution in [2.45, 2.75) is 18.4 Å². The van der Waals surface area contributed by atoms with Crippen LogP contribution in [0.15, 0.2) is 35.6 Å². The van der Waals surface area contributed by atoms with Gasteiger partial charge < -0.3 is 14.2 Å². The molecule has 1 atom stereocenters. The SMILES string of the molecule is CN(C)C(=O)C1(c2cnccn2)CCCN1C(=O)c1cnco1. The van der Waals surface area contributed by atoms with E-state index in [1.54, 1.807) is 14.1 Å². The fourth-order valence-electron chi connectivity index (χ4n) is 3.03. The van der Waals surface area contributed by atoms with E-state index in [0.29, 0.717) is 25.1 Å². The van der Waals surface area contributed by atoms with E-state index >= 15 is 0 Å². The summed E-state index contributed by atoms with van der Waals surface area (Å²) in [7, 11) is 3.33. The lowest BCUT2D eigenvalue weighted by Crippen LogP contribution is -2.55. The Labute approximate surface area is 133 Å². The maximum Gasteiger partial charge on any atom is 0.292 e. The van der Waals surface area contributed by atoms with Crippen LogP contribution in [0, 0.1) is 0 Å². The highest BCUT2D eigenvalue weighted by Crippen LogP contribution is 2.40. The third-order valence-corrected chi connectivity index (χ3v) is 4.02. The fourth-order valence-corrected chi connectivity index (χ4v) is 3.03. The van der Waals surface area contributed by atoms with E-state index < -0.39 is 5.54 Å². The van der Waals surface area contributed by atoms with Crippen LogP contribution < -0.4 is 0 Å². The first-order valence-corrected chi connectivity index (χ1v) is 7.26. The number of hydrogen-bond acceptors (Lipinski definition) is 6. The first kappa shape index (κ1) is 15.1. The van der Waals surface area contributed by atoms with Crippen molar-refractivity contribution in [1.29, 1.82) is 0 Å². The summed E-state index contributed by atoms with van der Waals surface area (Å²) in [5.74, 6) is -0.476. The molecule has 2 amide bonds. The van der Waals surface area contributed by atoms with Crippen molar-refractivity contribution in [1.82, 2.24) is 24.8 Å². The topological polar surface area (TPSA) is 92.4 Å². The average molecular weight is 315 g/mol. The zero-order valence-corrected chi connectivity index (χ0v) is 13.0. The summed E-state index contributed by atoms with van der Waals surface area (Å²) >= 11 is 0. The van der Waals surface area contributed by atoms with Crippen molar-refractivity contribution in [3.05, 3.63) is 42.6 Å². The van der Waals surface area contributed by atoms with Crippen LogP contribution in [0.3, 0.4) is 0 Å². The highest BCUT2D eigenvalue weighted by atomic mass is 16.3. The van der Waals surface area contributed by atoms with Crippen LogP contribution in [0.1, 0.15) is 29.1 Å². The van der Waals surface area contributed by atoms with Crippen LogP contribution in [0.2, 0.25) is 0 Å². The van der Waals surface area contributed by atoms with Gasteiger partial charge in [-0.3, -0.25) is 19.6 Å². The highest BCUT2D eigenvalue weighted by Gasteiger charge is 2.53. The summed E-state index contributed by atoms with van der Waals surface area (Å²) in [6.07, 6.45) is 8.32. The Hall–Kier alpha value is -2.77. The molecule has 0 N–H and O–H groups in total. The fraction of sp³-hybridized carbons (Fsp3) is 0.400. The third-order valence-electron chi connectivity index (χ3n) is 4.02. The van der Waals surface area contributed by atoms with Crippen LogP contribution in [0.25, 0.3) is 0 Å². The molecular weight excluding hydrogens is 298 g/mol. The Morgan fingerprint density at radius 2 is 2.09 bits per heavy atom. The Morgan fingerprint density at radius 1 is 1.26 bits per heavy atom. The van der Waals surface area contributed by atoms with E-state index in [1.807, 2.05) is 0 Å². The lowest BCUT2D eigenvalue weighted by Gasteiger charge is -2.37. The summed E-state index contributed by atoms with van der Waals surface area (Å²) in [6, 6.07) is 0. The molecule has 2 aromatic heterocycles. The molecule has 8 heteroatoms. The number of hydrogen-bond donors (Lipinski definition) is 0. The molecule has 3 rings (SSSR count). The monoisotopic (exact) mass is 315 g/mol. The number of rotatable bonds is 3. The maximum atomic E-state index is 13.0. The molecule has 0 saturated carbocycles. The summed E-state index contributed by atoms with van der Waals surface area (Å²) in [6.45, 7) is 0.440. The van der Waals surface area contributed by atoms with Crippen LogP contribution in [-0.4, -0.2) is 57.2 Å². The van der Waals surface area contributed by atoms with Crippen molar-refractivity contribution in [3.63, 3.8) is 0 Å². The van der Waals surface area contributed by atoms with Gasteiger partial charge in [-0.1, -0.05) is 0 Å². The number of aromatic nitrogens is 3. The smallest absolute Gasteiger partial charge is 0.292 e. The van der Waals surface area contributed by atoms with E-state index in [4.69, 9.17) is 4.42 Å². The second-order valence-corrected chi connectivity index (χ2v) is 5.58. The Kier molecular flexibility index (Phi) is 3.81. The van der Waals surface area contributed by atoms with Gasteiger partial charge >= 0.3 is 0 Å². The molecule has 0 bridgehead atoms. The second-order valence-electron chi connectivity index (χ2n) is 5.58. The third kappa shape index (κ3) is 2.36. The van der Waals surface area contributed by atoms with Crippen molar-refractivity contribution in [2.75, 3.05) is 20.6 Å². The predicted molar refractivity (Wildman–Crippen MR) is 79.2 cm³/mol. The van der Waals surface area contributed by atoms with Gasteiger partial charge in [0.25, 0.3) is 11.8 Å². The molecule has 120 valence electrons. The average Bonchev–Trinajstić information content (AvgIpc) is 3.24. The molecule has 0 aliphatic carbocycles. The summed E-state index contributed by atoms with van der Waals surface area (Å²) in [5.41, 5.74) is -0.703. The minimum atomic E-state index is -1.17. The largest absolute Gasteiger partial charge is 0.438 e. The normalized spacial score (nSPS) is 20.5. The quantitative estimate of drug-likeness (QED) is 0.827. The van der Waals surface area contributed by atoms with Crippen molar-refractivity contribution < 1.29 is 14.0 Å². The number of oxazole rings is 1. The Bertz CT molecular complexity index is 701. The summed E-state index contributed by atoms with van der Waals surface area (Å²) in [5, 5.41) is 0. The van der Waals surface area contributed by atoms with Gasteiger partial charge in [0.15, 0.2) is 11.9 Å². The van der Waals surface area contributed by atoms with E-state index in [2.05, 4.69) is 15.0 Å². The van der Waals surface area contributed by atoms with Crippen LogP contribution in [0.5, 0.6) is 0 Å². The summed E-state index contributed by atoms with van der Waals surface area (Å²) in [4.78, 5) is 40.9.